The number of piperidine rings is 1. The van der Waals surface area contributed by atoms with Gasteiger partial charge in [0.2, 0.25) is 0 Å². The van der Waals surface area contributed by atoms with E-state index < -0.39 is 0 Å². The molecule has 2 saturated heterocycles. The van der Waals surface area contributed by atoms with Crippen molar-refractivity contribution in [1.82, 2.24) is 10.2 Å². The molecule has 0 aromatic carbocycles. The molecule has 0 aliphatic carbocycles. The van der Waals surface area contributed by atoms with Gasteiger partial charge < -0.3 is 10.2 Å². The Labute approximate surface area is 94.4 Å². The lowest BCUT2D eigenvalue weighted by molar-refractivity contribution is 0.156. The molecular weight excluding hydrogens is 184 g/mol. The second-order valence-corrected chi connectivity index (χ2v) is 6.00. The van der Waals surface area contributed by atoms with Crippen LogP contribution in [-0.4, -0.2) is 36.6 Å². The van der Waals surface area contributed by atoms with Crippen molar-refractivity contribution in [2.24, 2.45) is 11.8 Å². The molecule has 2 fully saturated rings. The van der Waals surface area contributed by atoms with Crippen molar-refractivity contribution in [3.05, 3.63) is 0 Å². The highest BCUT2D eigenvalue weighted by molar-refractivity contribution is 4.93. The molecule has 2 heterocycles. The van der Waals surface area contributed by atoms with Crippen LogP contribution < -0.4 is 5.32 Å². The Morgan fingerprint density at radius 3 is 2.33 bits per heavy atom. The van der Waals surface area contributed by atoms with Gasteiger partial charge in [-0.1, -0.05) is 6.92 Å². The first-order valence-electron chi connectivity index (χ1n) is 6.58. The summed E-state index contributed by atoms with van der Waals surface area (Å²) in [5, 5.41) is 3.65. The Bertz CT molecular complexity index is 205. The maximum absolute atomic E-state index is 3.65. The van der Waals surface area contributed by atoms with Gasteiger partial charge in [-0.05, 0) is 71.1 Å². The van der Waals surface area contributed by atoms with Crippen LogP contribution in [0.2, 0.25) is 0 Å². The molecular formula is C13H26N2. The molecule has 1 unspecified atom stereocenters. The average molecular weight is 210 g/mol. The van der Waals surface area contributed by atoms with Crippen LogP contribution in [-0.2, 0) is 0 Å². The van der Waals surface area contributed by atoms with Gasteiger partial charge in [-0.2, -0.15) is 0 Å². The van der Waals surface area contributed by atoms with E-state index in [1.165, 1.54) is 45.4 Å². The van der Waals surface area contributed by atoms with Crippen LogP contribution in [0.1, 0.15) is 40.0 Å². The summed E-state index contributed by atoms with van der Waals surface area (Å²) in [6, 6.07) is 0. The number of nitrogens with zero attached hydrogens (tertiary/aromatic N) is 1. The first-order valence-corrected chi connectivity index (χ1v) is 6.58. The summed E-state index contributed by atoms with van der Waals surface area (Å²) in [5.74, 6) is 1.93. The molecule has 2 aliphatic heterocycles. The topological polar surface area (TPSA) is 15.3 Å². The zero-order chi connectivity index (χ0) is 10.9. The van der Waals surface area contributed by atoms with E-state index in [4.69, 9.17) is 0 Å². The quantitative estimate of drug-likeness (QED) is 0.751. The summed E-state index contributed by atoms with van der Waals surface area (Å²) >= 11 is 0. The summed E-state index contributed by atoms with van der Waals surface area (Å²) in [6.45, 7) is 12.1. The standard InChI is InChI=1S/C13H26N2/c1-4-15-7-5-11(6-8-15)12-9-13(2,3)14-10-12/h11-12,14H,4-10H2,1-3H3. The van der Waals surface area contributed by atoms with E-state index in [2.05, 4.69) is 31.0 Å². The van der Waals surface area contributed by atoms with Gasteiger partial charge in [0.1, 0.15) is 0 Å². The predicted molar refractivity (Wildman–Crippen MR) is 65.0 cm³/mol. The molecule has 2 aliphatic rings. The number of rotatable bonds is 2. The molecule has 0 aromatic heterocycles. The van der Waals surface area contributed by atoms with Gasteiger partial charge in [0.05, 0.1) is 0 Å². The fraction of sp³-hybridized carbons (Fsp3) is 1.00. The van der Waals surface area contributed by atoms with Crippen LogP contribution >= 0.6 is 0 Å². The van der Waals surface area contributed by atoms with E-state index in [0.29, 0.717) is 5.54 Å². The minimum absolute atomic E-state index is 0.395. The van der Waals surface area contributed by atoms with Crippen LogP contribution in [0, 0.1) is 11.8 Å². The minimum Gasteiger partial charge on any atom is -0.311 e. The van der Waals surface area contributed by atoms with Crippen molar-refractivity contribution >= 4 is 0 Å². The zero-order valence-corrected chi connectivity index (χ0v) is 10.6. The van der Waals surface area contributed by atoms with E-state index in [1.807, 2.05) is 0 Å². The van der Waals surface area contributed by atoms with Crippen LogP contribution in [0.3, 0.4) is 0 Å². The van der Waals surface area contributed by atoms with E-state index in [-0.39, 0.29) is 0 Å². The van der Waals surface area contributed by atoms with Crippen LogP contribution in [0.25, 0.3) is 0 Å². The lowest BCUT2D eigenvalue weighted by Gasteiger charge is -2.34. The fourth-order valence-electron chi connectivity index (χ4n) is 3.28. The predicted octanol–water partition coefficient (Wildman–Crippen LogP) is 2.11. The van der Waals surface area contributed by atoms with Crippen LogP contribution in [0.4, 0.5) is 0 Å². The fourth-order valence-corrected chi connectivity index (χ4v) is 3.28. The number of likely N-dealkylation sites (tertiary alicyclic amines) is 1. The summed E-state index contributed by atoms with van der Waals surface area (Å²) in [7, 11) is 0. The molecule has 2 heteroatoms. The summed E-state index contributed by atoms with van der Waals surface area (Å²) in [4.78, 5) is 2.59. The molecule has 2 rings (SSSR count). The molecule has 88 valence electrons. The van der Waals surface area contributed by atoms with Gasteiger partial charge in [0, 0.05) is 5.54 Å². The first kappa shape index (κ1) is 11.4. The zero-order valence-electron chi connectivity index (χ0n) is 10.6. The van der Waals surface area contributed by atoms with Gasteiger partial charge in [0.25, 0.3) is 0 Å². The monoisotopic (exact) mass is 210 g/mol. The van der Waals surface area contributed by atoms with Crippen molar-refractivity contribution in [2.75, 3.05) is 26.2 Å². The molecule has 15 heavy (non-hydrogen) atoms. The van der Waals surface area contributed by atoms with Crippen molar-refractivity contribution in [3.8, 4) is 0 Å². The summed E-state index contributed by atoms with van der Waals surface area (Å²) in [5.41, 5.74) is 0.395. The van der Waals surface area contributed by atoms with Gasteiger partial charge in [-0.15, -0.1) is 0 Å². The Kier molecular flexibility index (Phi) is 3.36. The van der Waals surface area contributed by atoms with Crippen LogP contribution in [0.5, 0.6) is 0 Å². The van der Waals surface area contributed by atoms with Crippen LogP contribution in [0.15, 0.2) is 0 Å². The summed E-state index contributed by atoms with van der Waals surface area (Å²) in [6.07, 6.45) is 4.23. The first-order chi connectivity index (χ1) is 7.11. The molecule has 0 spiro atoms. The smallest absolute Gasteiger partial charge is 0.0128 e. The molecule has 2 nitrogen and oxygen atoms in total. The average Bonchev–Trinajstić information content (AvgIpc) is 2.59. The highest BCUT2D eigenvalue weighted by Crippen LogP contribution is 2.34. The van der Waals surface area contributed by atoms with Gasteiger partial charge >= 0.3 is 0 Å². The number of hydrogen-bond acceptors (Lipinski definition) is 2. The summed E-state index contributed by atoms with van der Waals surface area (Å²) < 4.78 is 0. The molecule has 0 aromatic rings. The second-order valence-electron chi connectivity index (χ2n) is 6.00. The van der Waals surface area contributed by atoms with Gasteiger partial charge in [-0.25, -0.2) is 0 Å². The third-order valence-corrected chi connectivity index (χ3v) is 4.36. The van der Waals surface area contributed by atoms with Crippen molar-refractivity contribution < 1.29 is 0 Å². The Balaban J connectivity index is 1.81. The lowest BCUT2D eigenvalue weighted by Crippen LogP contribution is -2.36. The third kappa shape index (κ3) is 2.73. The normalized spacial score (nSPS) is 33.4. The Morgan fingerprint density at radius 1 is 1.20 bits per heavy atom. The number of nitrogens with one attached hydrogen (secondary N) is 1. The highest BCUT2D eigenvalue weighted by atomic mass is 15.1. The molecule has 0 saturated carbocycles. The van der Waals surface area contributed by atoms with Crippen molar-refractivity contribution in [1.29, 1.82) is 0 Å². The maximum atomic E-state index is 3.65. The number of hydrogen-bond donors (Lipinski definition) is 1. The van der Waals surface area contributed by atoms with Gasteiger partial charge in [-0.3, -0.25) is 0 Å². The van der Waals surface area contributed by atoms with Crippen molar-refractivity contribution in [3.63, 3.8) is 0 Å². The molecule has 1 atom stereocenters. The van der Waals surface area contributed by atoms with Gasteiger partial charge in [0.15, 0.2) is 0 Å². The van der Waals surface area contributed by atoms with Crippen molar-refractivity contribution in [2.45, 2.75) is 45.6 Å². The maximum Gasteiger partial charge on any atom is 0.0128 e. The Morgan fingerprint density at radius 2 is 1.87 bits per heavy atom. The SMILES string of the molecule is CCN1CCC(C2CNC(C)(C)C2)CC1. The third-order valence-electron chi connectivity index (χ3n) is 4.36. The van der Waals surface area contributed by atoms with E-state index >= 15 is 0 Å². The largest absolute Gasteiger partial charge is 0.311 e. The van der Waals surface area contributed by atoms with E-state index in [1.54, 1.807) is 0 Å². The second kappa shape index (κ2) is 4.42. The van der Waals surface area contributed by atoms with E-state index in [9.17, 15) is 0 Å². The minimum atomic E-state index is 0.395. The molecule has 0 amide bonds. The molecule has 1 N–H and O–H groups in total. The molecule has 0 radical (unpaired) electrons. The molecule has 0 bridgehead atoms. The Hall–Kier alpha value is -0.0800. The lowest BCUT2D eigenvalue weighted by atomic mass is 9.81. The highest BCUT2D eigenvalue weighted by Gasteiger charge is 2.35. The van der Waals surface area contributed by atoms with E-state index in [0.717, 1.165) is 11.8 Å².